The fourth-order valence-corrected chi connectivity index (χ4v) is 11.4. The van der Waals surface area contributed by atoms with Crippen molar-refractivity contribution in [2.75, 3.05) is 26.9 Å². The zero-order valence-electron chi connectivity index (χ0n) is 37.3. The van der Waals surface area contributed by atoms with Gasteiger partial charge in [0.15, 0.2) is 0 Å². The normalized spacial score (nSPS) is 24.4. The molecule has 8 rings (SSSR count). The van der Waals surface area contributed by atoms with Crippen molar-refractivity contribution in [3.8, 4) is 11.5 Å². The summed E-state index contributed by atoms with van der Waals surface area (Å²) < 4.78 is 35.9. The highest BCUT2D eigenvalue weighted by atomic mass is 19.1. The smallest absolute Gasteiger partial charge is 0.239 e. The number of hydrogen-bond donors (Lipinski definition) is 2. The summed E-state index contributed by atoms with van der Waals surface area (Å²) in [5.41, 5.74) is 4.18. The molecule has 6 atom stereocenters. The second-order valence-corrected chi connectivity index (χ2v) is 18.2. The van der Waals surface area contributed by atoms with E-state index in [0.29, 0.717) is 55.2 Å². The van der Waals surface area contributed by atoms with E-state index in [4.69, 9.17) is 24.2 Å². The number of halogens is 1. The number of carbonyl (C=O) groups excluding carboxylic acids is 1. The Labute approximate surface area is 377 Å². The van der Waals surface area contributed by atoms with Crippen molar-refractivity contribution < 1.29 is 38.4 Å². The molecule has 1 heterocycles. The zero-order chi connectivity index (χ0) is 44.5. The van der Waals surface area contributed by atoms with Gasteiger partial charge in [-0.3, -0.25) is 4.79 Å². The maximum absolute atomic E-state index is 15.3. The maximum atomic E-state index is 15.3. The molecular weight excluding hydrogens is 808 g/mol. The molecule has 340 valence electrons. The molecule has 0 aromatic heterocycles. The average molecular weight is 873 g/mol. The lowest BCUT2D eigenvalue weighted by atomic mass is 9.55. The third kappa shape index (κ3) is 9.65. The Hall–Kier alpha value is -5.03. The summed E-state index contributed by atoms with van der Waals surface area (Å²) in [6.07, 6.45) is 15.0. The van der Waals surface area contributed by atoms with Gasteiger partial charge in [-0.05, 0) is 96.0 Å². The minimum Gasteiger partial charge on any atom is -0.489 e. The van der Waals surface area contributed by atoms with Crippen LogP contribution in [0.4, 0.5) is 4.39 Å². The van der Waals surface area contributed by atoms with Gasteiger partial charge in [-0.15, -0.1) is 6.58 Å². The van der Waals surface area contributed by atoms with E-state index in [-0.39, 0.29) is 55.9 Å². The zero-order valence-corrected chi connectivity index (χ0v) is 37.3. The second-order valence-electron chi connectivity index (χ2n) is 18.2. The number of aliphatic hydroxyl groups excluding tert-OH is 2. The lowest BCUT2D eigenvalue weighted by Crippen LogP contribution is -2.70. The van der Waals surface area contributed by atoms with Crippen LogP contribution in [-0.4, -0.2) is 65.5 Å². The predicted octanol–water partition coefficient (Wildman–Crippen LogP) is 10.8. The van der Waals surface area contributed by atoms with Crippen LogP contribution in [0, 0.1) is 29.5 Å². The summed E-state index contributed by atoms with van der Waals surface area (Å²) in [6, 6.07) is 26.5. The van der Waals surface area contributed by atoms with E-state index in [1.54, 1.807) is 31.4 Å². The number of rotatable bonds is 21. The summed E-state index contributed by atoms with van der Waals surface area (Å²) in [4.78, 5) is 23.0. The molecule has 1 amide bonds. The van der Waals surface area contributed by atoms with Crippen LogP contribution in [0.1, 0.15) is 106 Å². The fourth-order valence-electron chi connectivity index (χ4n) is 11.4. The lowest BCUT2D eigenvalue weighted by molar-refractivity contribution is -0.258. The fraction of sp³-hybridized carbons (Fsp3) is 0.481. The van der Waals surface area contributed by atoms with Gasteiger partial charge in [0.25, 0.3) is 0 Å². The predicted molar refractivity (Wildman–Crippen MR) is 248 cm³/mol. The summed E-state index contributed by atoms with van der Waals surface area (Å²) in [5, 5.41) is 26.9. The first kappa shape index (κ1) is 45.5. The summed E-state index contributed by atoms with van der Waals surface area (Å²) in [7, 11) is 1.57. The molecule has 10 heteroatoms. The highest BCUT2D eigenvalue weighted by molar-refractivity contribution is 6.03. The largest absolute Gasteiger partial charge is 0.489 e. The van der Waals surface area contributed by atoms with E-state index in [1.807, 2.05) is 35.2 Å². The van der Waals surface area contributed by atoms with Crippen molar-refractivity contribution in [2.24, 2.45) is 28.8 Å². The molecule has 2 saturated carbocycles. The monoisotopic (exact) mass is 872 g/mol. The maximum Gasteiger partial charge on any atom is 0.239 e. The van der Waals surface area contributed by atoms with Gasteiger partial charge in [-0.2, -0.15) is 0 Å². The van der Waals surface area contributed by atoms with Gasteiger partial charge in [0.2, 0.25) is 11.7 Å². The Kier molecular flexibility index (Phi) is 15.2. The third-order valence-corrected chi connectivity index (χ3v) is 14.4. The van der Waals surface area contributed by atoms with Crippen molar-refractivity contribution in [2.45, 2.75) is 114 Å². The Balaban J connectivity index is 1.31. The number of benzene rings is 4. The molecule has 0 radical (unpaired) electrons. The van der Waals surface area contributed by atoms with Gasteiger partial charge in [0.05, 0.1) is 18.2 Å². The molecule has 0 saturated heterocycles. The number of carbonyl (C=O) groups is 1. The van der Waals surface area contributed by atoms with Crippen LogP contribution < -0.4 is 9.47 Å². The Bertz CT molecular complexity index is 2280. The number of hydrogen-bond acceptors (Lipinski definition) is 8. The van der Waals surface area contributed by atoms with E-state index in [0.717, 1.165) is 78.1 Å². The van der Waals surface area contributed by atoms with Gasteiger partial charge in [0.1, 0.15) is 37.1 Å². The number of unbranched alkanes of at least 4 members (excludes halogenated alkanes) is 2. The van der Waals surface area contributed by atoms with Crippen molar-refractivity contribution in [3.63, 3.8) is 0 Å². The van der Waals surface area contributed by atoms with E-state index in [1.165, 1.54) is 18.9 Å². The van der Waals surface area contributed by atoms with E-state index in [9.17, 15) is 14.6 Å². The Morgan fingerprint density at radius 1 is 0.938 bits per heavy atom. The van der Waals surface area contributed by atoms with Crippen LogP contribution >= 0.6 is 0 Å². The molecule has 0 bridgehead atoms. The Morgan fingerprint density at radius 2 is 1.69 bits per heavy atom. The first-order chi connectivity index (χ1) is 31.4. The summed E-state index contributed by atoms with van der Waals surface area (Å²) >= 11 is 0. The molecule has 4 aromatic carbocycles. The first-order valence-electron chi connectivity index (χ1n) is 23.6. The first-order valence-corrected chi connectivity index (χ1v) is 23.6. The third-order valence-electron chi connectivity index (χ3n) is 14.4. The van der Waals surface area contributed by atoms with E-state index < -0.39 is 17.7 Å². The van der Waals surface area contributed by atoms with Crippen LogP contribution in [0.15, 0.2) is 114 Å². The molecule has 0 spiro atoms. The van der Waals surface area contributed by atoms with Crippen molar-refractivity contribution in [1.29, 1.82) is 0 Å². The minimum atomic E-state index is -1.38. The summed E-state index contributed by atoms with van der Waals surface area (Å²) in [6.45, 7) is 4.88. The second kappa shape index (κ2) is 21.3. The van der Waals surface area contributed by atoms with Gasteiger partial charge in [-0.25, -0.2) is 4.39 Å². The average Bonchev–Trinajstić information content (AvgIpc) is 3.85. The SMILES string of the molecule is C=CCOC12Oc3ccc(OCc4ccccc4F)cc3C3C(CCCCO)C(CCCCO)C=C(C(=NOC)CC1N(Cc1cccc4ccccc14)C(=O)CCC1CCCC1)C32. The van der Waals surface area contributed by atoms with Crippen LogP contribution in [0.25, 0.3) is 10.8 Å². The number of amides is 1. The van der Waals surface area contributed by atoms with Crippen molar-refractivity contribution in [1.82, 2.24) is 4.90 Å². The topological polar surface area (TPSA) is 110 Å². The van der Waals surface area contributed by atoms with Crippen molar-refractivity contribution in [3.05, 3.63) is 132 Å². The van der Waals surface area contributed by atoms with Crippen LogP contribution in [0.2, 0.25) is 0 Å². The minimum absolute atomic E-state index is 0.0515. The lowest BCUT2D eigenvalue weighted by Gasteiger charge is -2.60. The standard InChI is InChI=1S/C54H65FN2O7/c1-3-31-63-54-50(57(51(60)28-25-37-15-4-5-16-37)35-40-21-14-20-38-17-6-8-22-43(38)40)34-48(56-61-2)45-32-39(18-10-12-29-58)44(23-11-13-30-59)52(53(45)54)46-33-42(26-27-49(46)64-54)62-36-41-19-7-9-24-47(41)55/h3,6-9,14,17,19-22,24,26-27,32-33,37,39,44,50,52-53,58-59H,1,4-5,10-13,15-16,18,23,25,28-31,34-36H2,2H3. The molecule has 4 aromatic rings. The molecule has 6 unspecified atom stereocenters. The highest BCUT2D eigenvalue weighted by Crippen LogP contribution is 2.62. The quantitative estimate of drug-likeness (QED) is 0.0487. The molecule has 9 nitrogen and oxygen atoms in total. The van der Waals surface area contributed by atoms with Crippen LogP contribution in [-0.2, 0) is 27.5 Å². The molecule has 3 aliphatic carbocycles. The Morgan fingerprint density at radius 3 is 2.47 bits per heavy atom. The molecule has 2 N–H and O–H groups in total. The number of ether oxygens (including phenoxy) is 3. The van der Waals surface area contributed by atoms with Crippen molar-refractivity contribution >= 4 is 22.4 Å². The number of allylic oxidation sites excluding steroid dienone is 1. The van der Waals surface area contributed by atoms with Gasteiger partial charge in [0, 0.05) is 49.6 Å². The van der Waals surface area contributed by atoms with Gasteiger partial charge in [-0.1, -0.05) is 116 Å². The number of aliphatic hydroxyl groups is 2. The number of fused-ring (bicyclic) bond motifs is 3. The summed E-state index contributed by atoms with van der Waals surface area (Å²) in [5.74, 6) is -0.395. The van der Waals surface area contributed by atoms with Gasteiger partial charge < -0.3 is 34.2 Å². The molecule has 64 heavy (non-hydrogen) atoms. The molecule has 1 aliphatic heterocycles. The van der Waals surface area contributed by atoms with Crippen LogP contribution in [0.5, 0.6) is 11.5 Å². The molecular formula is C54H65FN2O7. The van der Waals surface area contributed by atoms with Gasteiger partial charge >= 0.3 is 0 Å². The van der Waals surface area contributed by atoms with E-state index >= 15 is 4.79 Å². The molecule has 4 aliphatic rings. The van der Waals surface area contributed by atoms with E-state index in [2.05, 4.69) is 43.0 Å². The highest BCUT2D eigenvalue weighted by Gasteiger charge is 2.65. The number of nitrogens with zero attached hydrogens (tertiary/aromatic N) is 2. The number of oxime groups is 1. The molecule has 2 fully saturated rings. The van der Waals surface area contributed by atoms with Crippen LogP contribution in [0.3, 0.4) is 0 Å².